The number of anilines is 1. The third kappa shape index (κ3) is 2.98. The highest BCUT2D eigenvalue weighted by molar-refractivity contribution is 9.10. The Morgan fingerprint density at radius 1 is 1.38 bits per heavy atom. The zero-order chi connectivity index (χ0) is 12.1. The number of amides is 2. The summed E-state index contributed by atoms with van der Waals surface area (Å²) in [6.07, 6.45) is 0. The van der Waals surface area contributed by atoms with E-state index in [0.717, 1.165) is 15.7 Å². The minimum absolute atomic E-state index is 0.0590. The number of halogens is 1. The lowest BCUT2D eigenvalue weighted by Crippen LogP contribution is -2.34. The molecular weight excluding hydrogens is 268 g/mol. The highest BCUT2D eigenvalue weighted by atomic mass is 79.9. The van der Waals surface area contributed by atoms with Gasteiger partial charge in [-0.1, -0.05) is 12.1 Å². The van der Waals surface area contributed by atoms with Crippen LogP contribution in [0.2, 0.25) is 0 Å². The van der Waals surface area contributed by atoms with E-state index in [0.29, 0.717) is 13.1 Å². The zero-order valence-electron chi connectivity index (χ0n) is 9.88. The van der Waals surface area contributed by atoms with Crippen LogP contribution in [0.25, 0.3) is 0 Å². The third-order valence-electron chi connectivity index (χ3n) is 2.48. The summed E-state index contributed by atoms with van der Waals surface area (Å²) in [5, 5.41) is 2.89. The maximum absolute atomic E-state index is 11.8. The second kappa shape index (κ2) is 5.89. The summed E-state index contributed by atoms with van der Waals surface area (Å²) in [6, 6.07) is 5.75. The Balaban J connectivity index is 2.80. The van der Waals surface area contributed by atoms with Crippen molar-refractivity contribution in [2.45, 2.75) is 20.8 Å². The van der Waals surface area contributed by atoms with Gasteiger partial charge in [-0.15, -0.1) is 0 Å². The van der Waals surface area contributed by atoms with E-state index < -0.39 is 0 Å². The average molecular weight is 285 g/mol. The Hall–Kier alpha value is -1.03. The molecule has 0 atom stereocenters. The predicted molar refractivity (Wildman–Crippen MR) is 70.8 cm³/mol. The van der Waals surface area contributed by atoms with Crippen LogP contribution in [-0.2, 0) is 0 Å². The smallest absolute Gasteiger partial charge is 0.321 e. The third-order valence-corrected chi connectivity index (χ3v) is 3.54. The summed E-state index contributed by atoms with van der Waals surface area (Å²) in [7, 11) is 0. The van der Waals surface area contributed by atoms with E-state index >= 15 is 0 Å². The number of benzene rings is 1. The van der Waals surface area contributed by atoms with E-state index in [2.05, 4.69) is 21.2 Å². The van der Waals surface area contributed by atoms with Crippen molar-refractivity contribution in [2.75, 3.05) is 18.4 Å². The molecule has 2 amide bonds. The van der Waals surface area contributed by atoms with Crippen LogP contribution in [-0.4, -0.2) is 24.0 Å². The molecule has 0 unspecified atom stereocenters. The maximum atomic E-state index is 11.8. The monoisotopic (exact) mass is 284 g/mol. The molecule has 1 rings (SSSR count). The molecule has 0 aromatic heterocycles. The minimum Gasteiger partial charge on any atom is -0.325 e. The fraction of sp³-hybridized carbons (Fsp3) is 0.417. The summed E-state index contributed by atoms with van der Waals surface area (Å²) >= 11 is 3.47. The molecule has 1 N–H and O–H groups in total. The molecule has 0 saturated heterocycles. The Morgan fingerprint density at radius 3 is 2.56 bits per heavy atom. The Bertz CT molecular complexity index is 375. The fourth-order valence-corrected chi connectivity index (χ4v) is 1.81. The van der Waals surface area contributed by atoms with Gasteiger partial charge in [0.1, 0.15) is 0 Å². The standard InChI is InChI=1S/C12H17BrN2O/c1-4-15(5-2)12(16)14-10-8-6-7-9(3)11(10)13/h6-8H,4-5H2,1-3H3,(H,14,16). The molecule has 0 spiro atoms. The Morgan fingerprint density at radius 2 is 2.00 bits per heavy atom. The lowest BCUT2D eigenvalue weighted by atomic mass is 10.2. The summed E-state index contributed by atoms with van der Waals surface area (Å²) in [5.41, 5.74) is 1.93. The van der Waals surface area contributed by atoms with Gasteiger partial charge in [0.25, 0.3) is 0 Å². The minimum atomic E-state index is -0.0590. The lowest BCUT2D eigenvalue weighted by molar-refractivity contribution is 0.217. The second-order valence-electron chi connectivity index (χ2n) is 3.54. The van der Waals surface area contributed by atoms with E-state index in [4.69, 9.17) is 0 Å². The van der Waals surface area contributed by atoms with Gasteiger partial charge in [0.05, 0.1) is 5.69 Å². The van der Waals surface area contributed by atoms with E-state index in [1.54, 1.807) is 4.90 Å². The quantitative estimate of drug-likeness (QED) is 0.903. The summed E-state index contributed by atoms with van der Waals surface area (Å²) in [4.78, 5) is 13.6. The molecular formula is C12H17BrN2O. The van der Waals surface area contributed by atoms with Gasteiger partial charge in [-0.3, -0.25) is 0 Å². The average Bonchev–Trinajstić information content (AvgIpc) is 2.26. The van der Waals surface area contributed by atoms with Gasteiger partial charge in [0.15, 0.2) is 0 Å². The van der Waals surface area contributed by atoms with Gasteiger partial charge in [-0.25, -0.2) is 4.79 Å². The number of hydrogen-bond acceptors (Lipinski definition) is 1. The van der Waals surface area contributed by atoms with E-state index in [-0.39, 0.29) is 6.03 Å². The van der Waals surface area contributed by atoms with Crippen molar-refractivity contribution in [1.29, 1.82) is 0 Å². The number of hydrogen-bond donors (Lipinski definition) is 1. The molecule has 0 bridgehead atoms. The molecule has 1 aromatic carbocycles. The van der Waals surface area contributed by atoms with Gasteiger partial charge in [-0.2, -0.15) is 0 Å². The molecule has 0 radical (unpaired) electrons. The van der Waals surface area contributed by atoms with E-state index in [9.17, 15) is 4.79 Å². The van der Waals surface area contributed by atoms with Gasteiger partial charge >= 0.3 is 6.03 Å². The first-order valence-electron chi connectivity index (χ1n) is 5.41. The van der Waals surface area contributed by atoms with Crippen molar-refractivity contribution in [2.24, 2.45) is 0 Å². The molecule has 0 aliphatic carbocycles. The van der Waals surface area contributed by atoms with Crippen molar-refractivity contribution in [3.05, 3.63) is 28.2 Å². The van der Waals surface area contributed by atoms with Crippen molar-refractivity contribution >= 4 is 27.6 Å². The number of carbonyl (C=O) groups is 1. The van der Waals surface area contributed by atoms with Crippen LogP contribution < -0.4 is 5.32 Å². The first kappa shape index (κ1) is 13.0. The van der Waals surface area contributed by atoms with Crippen LogP contribution in [0.1, 0.15) is 19.4 Å². The molecule has 0 fully saturated rings. The largest absolute Gasteiger partial charge is 0.325 e. The fourth-order valence-electron chi connectivity index (χ4n) is 1.45. The van der Waals surface area contributed by atoms with Crippen molar-refractivity contribution in [3.8, 4) is 0 Å². The van der Waals surface area contributed by atoms with Crippen molar-refractivity contribution < 1.29 is 4.79 Å². The first-order valence-corrected chi connectivity index (χ1v) is 6.20. The molecule has 0 heterocycles. The number of aryl methyl sites for hydroxylation is 1. The van der Waals surface area contributed by atoms with Crippen LogP contribution in [0.5, 0.6) is 0 Å². The molecule has 4 heteroatoms. The molecule has 0 aliphatic heterocycles. The molecule has 16 heavy (non-hydrogen) atoms. The highest BCUT2D eigenvalue weighted by Crippen LogP contribution is 2.25. The number of rotatable bonds is 3. The summed E-state index contributed by atoms with van der Waals surface area (Å²) in [6.45, 7) is 7.36. The molecule has 3 nitrogen and oxygen atoms in total. The maximum Gasteiger partial charge on any atom is 0.321 e. The summed E-state index contributed by atoms with van der Waals surface area (Å²) < 4.78 is 0.940. The van der Waals surface area contributed by atoms with Gasteiger partial charge < -0.3 is 10.2 Å². The lowest BCUT2D eigenvalue weighted by Gasteiger charge is -2.20. The second-order valence-corrected chi connectivity index (χ2v) is 4.33. The van der Waals surface area contributed by atoms with Crippen molar-refractivity contribution in [1.82, 2.24) is 4.90 Å². The van der Waals surface area contributed by atoms with Gasteiger partial charge in [0.2, 0.25) is 0 Å². The van der Waals surface area contributed by atoms with E-state index in [1.165, 1.54) is 0 Å². The summed E-state index contributed by atoms with van der Waals surface area (Å²) in [5.74, 6) is 0. The van der Waals surface area contributed by atoms with E-state index in [1.807, 2.05) is 39.0 Å². The Labute approximate surface area is 105 Å². The van der Waals surface area contributed by atoms with Gasteiger partial charge in [0, 0.05) is 17.6 Å². The van der Waals surface area contributed by atoms with Crippen molar-refractivity contribution in [3.63, 3.8) is 0 Å². The number of nitrogens with zero attached hydrogens (tertiary/aromatic N) is 1. The normalized spacial score (nSPS) is 10.0. The van der Waals surface area contributed by atoms with Crippen LogP contribution in [0, 0.1) is 6.92 Å². The topological polar surface area (TPSA) is 32.3 Å². The van der Waals surface area contributed by atoms with Crippen LogP contribution in [0.15, 0.2) is 22.7 Å². The molecule has 1 aromatic rings. The van der Waals surface area contributed by atoms with Crippen LogP contribution >= 0.6 is 15.9 Å². The molecule has 88 valence electrons. The zero-order valence-corrected chi connectivity index (χ0v) is 11.5. The Kier molecular flexibility index (Phi) is 4.80. The number of carbonyl (C=O) groups excluding carboxylic acids is 1. The SMILES string of the molecule is CCN(CC)C(=O)Nc1cccc(C)c1Br. The van der Waals surface area contributed by atoms with Gasteiger partial charge in [-0.05, 0) is 48.3 Å². The predicted octanol–water partition coefficient (Wildman–Crippen LogP) is 3.63. The number of nitrogens with one attached hydrogen (secondary N) is 1. The molecule has 0 aliphatic rings. The number of urea groups is 1. The van der Waals surface area contributed by atoms with Crippen LogP contribution in [0.4, 0.5) is 10.5 Å². The van der Waals surface area contributed by atoms with Crippen LogP contribution in [0.3, 0.4) is 0 Å². The molecule has 0 saturated carbocycles. The highest BCUT2D eigenvalue weighted by Gasteiger charge is 2.11. The first-order chi connectivity index (χ1) is 7.60.